The Balaban J connectivity index is 1.79. The lowest BCUT2D eigenvalue weighted by molar-refractivity contribution is 0.0479. The van der Waals surface area contributed by atoms with Crippen LogP contribution in [0.25, 0.3) is 5.57 Å². The Morgan fingerprint density at radius 3 is 2.39 bits per heavy atom. The van der Waals surface area contributed by atoms with Gasteiger partial charge in [0.25, 0.3) is 0 Å². The van der Waals surface area contributed by atoms with Gasteiger partial charge in [-0.3, -0.25) is 0 Å². The van der Waals surface area contributed by atoms with E-state index >= 15 is 0 Å². The first-order valence-corrected chi connectivity index (χ1v) is 8.12. The third-order valence-electron chi connectivity index (χ3n) is 4.05. The largest absolute Gasteiger partial charge is 0.398 e. The van der Waals surface area contributed by atoms with Crippen molar-refractivity contribution < 1.29 is 4.74 Å². The number of rotatable bonds is 8. The quantitative estimate of drug-likeness (QED) is 0.671. The fourth-order valence-electron chi connectivity index (χ4n) is 2.53. The Morgan fingerprint density at radius 1 is 1.04 bits per heavy atom. The van der Waals surface area contributed by atoms with Crippen LogP contribution in [-0.4, -0.2) is 6.61 Å². The van der Waals surface area contributed by atoms with Crippen LogP contribution in [-0.2, 0) is 11.3 Å². The molecule has 2 nitrogen and oxygen atoms in total. The zero-order valence-corrected chi connectivity index (χ0v) is 14.2. The monoisotopic (exact) mass is 309 g/mol. The Morgan fingerprint density at radius 2 is 1.70 bits per heavy atom. The number of hydrogen-bond donors (Lipinski definition) is 1. The standard InChI is InChI=1S/C21H27NO/c1-17(19-11-7-8-12-20(19)22)13-14-21(2,3)16-23-15-18-9-5-4-6-10-18/h4-12H,1,13-16,22H2,2-3H3. The smallest absolute Gasteiger partial charge is 0.0717 e. The Kier molecular flexibility index (Phi) is 6.00. The van der Waals surface area contributed by atoms with Crippen molar-refractivity contribution in [2.45, 2.75) is 33.3 Å². The molecule has 0 amide bonds. The second kappa shape index (κ2) is 7.98. The molecular weight excluding hydrogens is 282 g/mol. The predicted molar refractivity (Wildman–Crippen MR) is 99.0 cm³/mol. The second-order valence-electron chi connectivity index (χ2n) is 6.83. The second-order valence-corrected chi connectivity index (χ2v) is 6.83. The minimum absolute atomic E-state index is 0.112. The zero-order chi connectivity index (χ0) is 16.7. The van der Waals surface area contributed by atoms with Gasteiger partial charge in [0.05, 0.1) is 13.2 Å². The molecule has 0 atom stereocenters. The van der Waals surface area contributed by atoms with Crippen molar-refractivity contribution in [3.8, 4) is 0 Å². The molecule has 0 saturated carbocycles. The molecule has 2 aromatic rings. The van der Waals surface area contributed by atoms with Crippen LogP contribution in [0.4, 0.5) is 5.69 Å². The molecule has 0 heterocycles. The fraction of sp³-hybridized carbons (Fsp3) is 0.333. The highest BCUT2D eigenvalue weighted by Gasteiger charge is 2.19. The number of hydrogen-bond acceptors (Lipinski definition) is 2. The summed E-state index contributed by atoms with van der Waals surface area (Å²) >= 11 is 0. The molecule has 0 unspecified atom stereocenters. The first-order valence-electron chi connectivity index (χ1n) is 8.12. The molecule has 0 aliphatic heterocycles. The van der Waals surface area contributed by atoms with Gasteiger partial charge < -0.3 is 10.5 Å². The predicted octanol–water partition coefficient (Wildman–Crippen LogP) is 5.31. The lowest BCUT2D eigenvalue weighted by Gasteiger charge is -2.25. The third kappa shape index (κ3) is 5.57. The number of nitrogens with two attached hydrogens (primary N) is 1. The van der Waals surface area contributed by atoms with Gasteiger partial charge in [0.2, 0.25) is 0 Å². The average Bonchev–Trinajstić information content (AvgIpc) is 2.54. The minimum atomic E-state index is 0.112. The zero-order valence-electron chi connectivity index (χ0n) is 14.2. The molecule has 0 fully saturated rings. The summed E-state index contributed by atoms with van der Waals surface area (Å²) in [7, 11) is 0. The minimum Gasteiger partial charge on any atom is -0.398 e. The highest BCUT2D eigenvalue weighted by molar-refractivity contribution is 5.73. The number of ether oxygens (including phenoxy) is 1. The van der Waals surface area contributed by atoms with E-state index in [1.165, 1.54) is 5.56 Å². The van der Waals surface area contributed by atoms with E-state index in [-0.39, 0.29) is 5.41 Å². The Labute approximate surface area is 140 Å². The molecular formula is C21H27NO. The van der Waals surface area contributed by atoms with E-state index in [0.29, 0.717) is 6.61 Å². The van der Waals surface area contributed by atoms with Crippen molar-refractivity contribution in [3.63, 3.8) is 0 Å². The van der Waals surface area contributed by atoms with E-state index in [9.17, 15) is 0 Å². The molecule has 0 spiro atoms. The highest BCUT2D eigenvalue weighted by atomic mass is 16.5. The van der Waals surface area contributed by atoms with Gasteiger partial charge in [-0.2, -0.15) is 0 Å². The number of nitrogen functional groups attached to an aromatic ring is 1. The van der Waals surface area contributed by atoms with Gasteiger partial charge in [-0.15, -0.1) is 0 Å². The first-order chi connectivity index (χ1) is 11.0. The van der Waals surface area contributed by atoms with Crippen molar-refractivity contribution in [3.05, 3.63) is 72.3 Å². The normalized spacial score (nSPS) is 11.4. The summed E-state index contributed by atoms with van der Waals surface area (Å²) in [5.41, 5.74) is 10.3. The van der Waals surface area contributed by atoms with E-state index in [1.54, 1.807) is 0 Å². The Hall–Kier alpha value is -2.06. The number of allylic oxidation sites excluding steroid dienone is 1. The SMILES string of the molecule is C=C(CCC(C)(C)COCc1ccccc1)c1ccccc1N. The van der Waals surface area contributed by atoms with Crippen LogP contribution in [0.2, 0.25) is 0 Å². The number of anilines is 1. The van der Waals surface area contributed by atoms with E-state index in [4.69, 9.17) is 10.5 Å². The number of benzene rings is 2. The molecule has 0 radical (unpaired) electrons. The van der Waals surface area contributed by atoms with Gasteiger partial charge in [-0.1, -0.05) is 69.0 Å². The summed E-state index contributed by atoms with van der Waals surface area (Å²) in [6, 6.07) is 18.2. The number of para-hydroxylation sites is 1. The summed E-state index contributed by atoms with van der Waals surface area (Å²) in [6.45, 7) is 10.1. The lowest BCUT2D eigenvalue weighted by Crippen LogP contribution is -2.19. The molecule has 122 valence electrons. The van der Waals surface area contributed by atoms with Crippen LogP contribution in [0.3, 0.4) is 0 Å². The summed E-state index contributed by atoms with van der Waals surface area (Å²) in [4.78, 5) is 0. The van der Waals surface area contributed by atoms with Gasteiger partial charge >= 0.3 is 0 Å². The van der Waals surface area contributed by atoms with Crippen LogP contribution in [0.1, 0.15) is 37.8 Å². The van der Waals surface area contributed by atoms with Gasteiger partial charge in [0.1, 0.15) is 0 Å². The van der Waals surface area contributed by atoms with Gasteiger partial charge in [0.15, 0.2) is 0 Å². The summed E-state index contributed by atoms with van der Waals surface area (Å²) in [6.07, 6.45) is 1.95. The molecule has 0 aliphatic carbocycles. The Bertz CT molecular complexity index is 631. The van der Waals surface area contributed by atoms with Crippen LogP contribution in [0, 0.1) is 5.41 Å². The molecule has 2 rings (SSSR count). The van der Waals surface area contributed by atoms with E-state index < -0.39 is 0 Å². The van der Waals surface area contributed by atoms with Gasteiger partial charge in [-0.05, 0) is 41.0 Å². The molecule has 0 aromatic heterocycles. The van der Waals surface area contributed by atoms with Crippen molar-refractivity contribution in [2.75, 3.05) is 12.3 Å². The molecule has 2 heteroatoms. The van der Waals surface area contributed by atoms with Crippen LogP contribution in [0.5, 0.6) is 0 Å². The van der Waals surface area contributed by atoms with Crippen LogP contribution >= 0.6 is 0 Å². The van der Waals surface area contributed by atoms with Crippen molar-refractivity contribution in [1.29, 1.82) is 0 Å². The maximum absolute atomic E-state index is 6.02. The van der Waals surface area contributed by atoms with Crippen molar-refractivity contribution >= 4 is 11.3 Å². The van der Waals surface area contributed by atoms with Gasteiger partial charge in [0, 0.05) is 5.69 Å². The molecule has 2 N–H and O–H groups in total. The van der Waals surface area contributed by atoms with Crippen LogP contribution in [0.15, 0.2) is 61.2 Å². The molecule has 0 aliphatic rings. The summed E-state index contributed by atoms with van der Waals surface area (Å²) < 4.78 is 5.89. The average molecular weight is 309 g/mol. The highest BCUT2D eigenvalue weighted by Crippen LogP contribution is 2.30. The maximum atomic E-state index is 6.02. The maximum Gasteiger partial charge on any atom is 0.0717 e. The topological polar surface area (TPSA) is 35.2 Å². The molecule has 0 bridgehead atoms. The molecule has 0 saturated heterocycles. The van der Waals surface area contributed by atoms with E-state index in [2.05, 4.69) is 32.6 Å². The third-order valence-corrected chi connectivity index (χ3v) is 4.05. The van der Waals surface area contributed by atoms with Crippen LogP contribution < -0.4 is 5.73 Å². The van der Waals surface area contributed by atoms with E-state index in [1.807, 2.05) is 42.5 Å². The van der Waals surface area contributed by atoms with Crippen molar-refractivity contribution in [2.24, 2.45) is 5.41 Å². The fourth-order valence-corrected chi connectivity index (χ4v) is 2.53. The van der Waals surface area contributed by atoms with Gasteiger partial charge in [-0.25, -0.2) is 0 Å². The van der Waals surface area contributed by atoms with E-state index in [0.717, 1.165) is 36.3 Å². The lowest BCUT2D eigenvalue weighted by atomic mass is 9.86. The summed E-state index contributed by atoms with van der Waals surface area (Å²) in [5, 5.41) is 0. The molecule has 2 aromatic carbocycles. The molecule has 23 heavy (non-hydrogen) atoms. The first kappa shape index (κ1) is 17.3. The summed E-state index contributed by atoms with van der Waals surface area (Å²) in [5.74, 6) is 0. The van der Waals surface area contributed by atoms with Crippen molar-refractivity contribution in [1.82, 2.24) is 0 Å².